The van der Waals surface area contributed by atoms with Crippen molar-refractivity contribution in [2.75, 3.05) is 5.32 Å². The van der Waals surface area contributed by atoms with Crippen molar-refractivity contribution >= 4 is 50.4 Å². The Morgan fingerprint density at radius 1 is 1.17 bits per heavy atom. The van der Waals surface area contributed by atoms with E-state index in [0.29, 0.717) is 39.1 Å². The van der Waals surface area contributed by atoms with Gasteiger partial charge in [0.1, 0.15) is 5.75 Å². The van der Waals surface area contributed by atoms with Crippen molar-refractivity contribution in [1.82, 2.24) is 9.97 Å². The number of nitrogens with one attached hydrogen (secondary N) is 1. The molecule has 4 rings (SSSR count). The first-order valence-corrected chi connectivity index (χ1v) is 10.3. The van der Waals surface area contributed by atoms with Gasteiger partial charge in [-0.1, -0.05) is 27.5 Å². The van der Waals surface area contributed by atoms with Crippen LogP contribution in [-0.4, -0.2) is 21.5 Å². The topological polar surface area (TPSA) is 77.2 Å². The fraction of sp³-hybridized carbons (Fsp3) is 0.136. The first kappa shape index (κ1) is 20.4. The highest BCUT2D eigenvalue weighted by Crippen LogP contribution is 2.31. The van der Waals surface area contributed by atoms with Gasteiger partial charge in [0.15, 0.2) is 16.8 Å². The van der Waals surface area contributed by atoms with Crippen molar-refractivity contribution in [3.63, 3.8) is 0 Å². The highest BCUT2D eigenvalue weighted by atomic mass is 79.9. The minimum atomic E-state index is -1.13. The van der Waals surface area contributed by atoms with Gasteiger partial charge in [-0.2, -0.15) is 4.98 Å². The number of hydrogen-bond donors (Lipinski definition) is 1. The molecule has 30 heavy (non-hydrogen) atoms. The second kappa shape index (κ2) is 8.08. The van der Waals surface area contributed by atoms with Crippen molar-refractivity contribution in [3.8, 4) is 17.2 Å². The maximum atomic E-state index is 12.9. The SMILES string of the molecule is CC(C)(Oc1ccc(Br)cc1)C(=O)Nc1cc(-c2nc3ncccc3o2)ccc1Cl. The Kier molecular flexibility index (Phi) is 5.49. The van der Waals surface area contributed by atoms with Crippen molar-refractivity contribution in [2.24, 2.45) is 0 Å². The average molecular weight is 487 g/mol. The minimum Gasteiger partial charge on any atom is -0.478 e. The van der Waals surface area contributed by atoms with E-state index in [1.165, 1.54) is 0 Å². The monoisotopic (exact) mass is 485 g/mol. The number of halogens is 2. The summed E-state index contributed by atoms with van der Waals surface area (Å²) in [4.78, 5) is 21.4. The van der Waals surface area contributed by atoms with Crippen molar-refractivity contribution in [3.05, 3.63) is 70.3 Å². The third-order valence-electron chi connectivity index (χ3n) is 4.36. The van der Waals surface area contributed by atoms with Crippen LogP contribution in [0.2, 0.25) is 5.02 Å². The number of oxazole rings is 1. The number of pyridine rings is 1. The van der Waals surface area contributed by atoms with E-state index < -0.39 is 5.60 Å². The number of ether oxygens (including phenoxy) is 1. The second-order valence-electron chi connectivity index (χ2n) is 7.06. The maximum Gasteiger partial charge on any atom is 0.268 e. The Balaban J connectivity index is 1.56. The van der Waals surface area contributed by atoms with Crippen LogP contribution in [0.25, 0.3) is 22.7 Å². The van der Waals surface area contributed by atoms with Crippen LogP contribution in [-0.2, 0) is 4.79 Å². The van der Waals surface area contributed by atoms with Crippen molar-refractivity contribution in [1.29, 1.82) is 0 Å². The molecular formula is C22H17BrClN3O3. The smallest absolute Gasteiger partial charge is 0.268 e. The molecule has 1 amide bonds. The number of anilines is 1. The lowest BCUT2D eigenvalue weighted by Crippen LogP contribution is -2.42. The third-order valence-corrected chi connectivity index (χ3v) is 5.22. The number of hydrogen-bond acceptors (Lipinski definition) is 5. The molecule has 0 saturated heterocycles. The number of carbonyl (C=O) groups is 1. The number of amides is 1. The molecule has 0 atom stereocenters. The largest absolute Gasteiger partial charge is 0.478 e. The zero-order valence-electron chi connectivity index (χ0n) is 16.1. The summed E-state index contributed by atoms with van der Waals surface area (Å²) >= 11 is 9.69. The highest BCUT2D eigenvalue weighted by molar-refractivity contribution is 9.10. The first-order valence-electron chi connectivity index (χ1n) is 9.09. The van der Waals surface area contributed by atoms with Crippen LogP contribution in [0.5, 0.6) is 5.75 Å². The molecule has 4 aromatic rings. The molecule has 0 aliphatic rings. The molecule has 0 unspecified atom stereocenters. The Bertz CT molecular complexity index is 1190. The lowest BCUT2D eigenvalue weighted by molar-refractivity contribution is -0.128. The van der Waals surface area contributed by atoms with Gasteiger partial charge in [0.2, 0.25) is 5.89 Å². The van der Waals surface area contributed by atoms with E-state index in [0.717, 1.165) is 4.47 Å². The van der Waals surface area contributed by atoms with Crippen molar-refractivity contribution in [2.45, 2.75) is 19.4 Å². The van der Waals surface area contributed by atoms with E-state index in [4.69, 9.17) is 20.8 Å². The summed E-state index contributed by atoms with van der Waals surface area (Å²) in [5.74, 6) is 0.627. The van der Waals surface area contributed by atoms with Crippen LogP contribution in [0, 0.1) is 0 Å². The number of nitrogens with zero attached hydrogens (tertiary/aromatic N) is 2. The molecule has 0 fully saturated rings. The van der Waals surface area contributed by atoms with Crippen LogP contribution in [0.3, 0.4) is 0 Å². The molecule has 152 valence electrons. The van der Waals surface area contributed by atoms with E-state index >= 15 is 0 Å². The predicted molar refractivity (Wildman–Crippen MR) is 120 cm³/mol. The molecule has 0 bridgehead atoms. The van der Waals surface area contributed by atoms with E-state index in [1.54, 1.807) is 62.5 Å². The normalized spacial score (nSPS) is 11.5. The number of aromatic nitrogens is 2. The van der Waals surface area contributed by atoms with Crippen LogP contribution in [0.4, 0.5) is 5.69 Å². The van der Waals surface area contributed by atoms with Crippen LogP contribution < -0.4 is 10.1 Å². The fourth-order valence-corrected chi connectivity index (χ4v) is 3.19. The Morgan fingerprint density at radius 3 is 2.67 bits per heavy atom. The Labute approximate surface area is 186 Å². The maximum absolute atomic E-state index is 12.9. The van der Waals surface area contributed by atoms with Gasteiger partial charge in [-0.15, -0.1) is 0 Å². The second-order valence-corrected chi connectivity index (χ2v) is 8.38. The summed E-state index contributed by atoms with van der Waals surface area (Å²) in [6.07, 6.45) is 1.65. The molecular weight excluding hydrogens is 470 g/mol. The van der Waals surface area contributed by atoms with Gasteiger partial charge < -0.3 is 14.5 Å². The Morgan fingerprint density at radius 2 is 1.93 bits per heavy atom. The number of rotatable bonds is 5. The van der Waals surface area contributed by atoms with Crippen molar-refractivity contribution < 1.29 is 13.9 Å². The summed E-state index contributed by atoms with van der Waals surface area (Å²) < 4.78 is 12.5. The standard InChI is InChI=1S/C22H17BrClN3O3/c1-22(2,30-15-8-6-14(23)7-9-15)21(28)26-17-12-13(5-10-16(17)24)20-27-19-18(29-20)4-3-11-25-19/h3-12H,1-2H3,(H,26,28). The zero-order chi connectivity index (χ0) is 21.3. The van der Waals surface area contributed by atoms with Gasteiger partial charge in [-0.25, -0.2) is 4.98 Å². The average Bonchev–Trinajstić information content (AvgIpc) is 3.15. The summed E-state index contributed by atoms with van der Waals surface area (Å²) in [6, 6.07) is 16.0. The van der Waals surface area contributed by atoms with Crippen LogP contribution >= 0.6 is 27.5 Å². The number of benzene rings is 2. The summed E-state index contributed by atoms with van der Waals surface area (Å²) in [5.41, 5.74) is 1.06. The molecule has 2 aromatic heterocycles. The first-order chi connectivity index (χ1) is 14.3. The van der Waals surface area contributed by atoms with Gasteiger partial charge >= 0.3 is 0 Å². The quantitative estimate of drug-likeness (QED) is 0.369. The predicted octanol–water partition coefficient (Wildman–Crippen LogP) is 6.10. The fourth-order valence-electron chi connectivity index (χ4n) is 2.76. The molecule has 6 nitrogen and oxygen atoms in total. The molecule has 0 aliphatic carbocycles. The minimum absolute atomic E-state index is 0.344. The van der Waals surface area contributed by atoms with Gasteiger partial charge in [0.25, 0.3) is 5.91 Å². The summed E-state index contributed by atoms with van der Waals surface area (Å²) in [5, 5.41) is 3.23. The van der Waals surface area contributed by atoms with Gasteiger partial charge in [-0.05, 0) is 68.4 Å². The molecule has 8 heteroatoms. The summed E-state index contributed by atoms with van der Waals surface area (Å²) in [6.45, 7) is 3.38. The number of carbonyl (C=O) groups excluding carboxylic acids is 1. The molecule has 0 radical (unpaired) electrons. The van der Waals surface area contributed by atoms with Gasteiger partial charge in [-0.3, -0.25) is 4.79 Å². The molecule has 0 aliphatic heterocycles. The summed E-state index contributed by atoms with van der Waals surface area (Å²) in [7, 11) is 0. The third kappa shape index (κ3) is 4.32. The van der Waals surface area contributed by atoms with E-state index in [-0.39, 0.29) is 5.91 Å². The lowest BCUT2D eigenvalue weighted by atomic mass is 10.1. The molecule has 2 heterocycles. The van der Waals surface area contributed by atoms with E-state index in [1.807, 2.05) is 12.1 Å². The number of fused-ring (bicyclic) bond motifs is 1. The molecule has 0 saturated carbocycles. The molecule has 2 aromatic carbocycles. The van der Waals surface area contributed by atoms with Gasteiger partial charge in [0.05, 0.1) is 10.7 Å². The van der Waals surface area contributed by atoms with Crippen LogP contribution in [0.15, 0.2) is 69.7 Å². The zero-order valence-corrected chi connectivity index (χ0v) is 18.5. The lowest BCUT2D eigenvalue weighted by Gasteiger charge is -2.25. The highest BCUT2D eigenvalue weighted by Gasteiger charge is 2.30. The van der Waals surface area contributed by atoms with Crippen LogP contribution in [0.1, 0.15) is 13.8 Å². The molecule has 0 spiro atoms. The Hall–Kier alpha value is -2.90. The molecule has 1 N–H and O–H groups in total. The van der Waals surface area contributed by atoms with E-state index in [9.17, 15) is 4.79 Å². The van der Waals surface area contributed by atoms with E-state index in [2.05, 4.69) is 31.2 Å². The van der Waals surface area contributed by atoms with Gasteiger partial charge in [0, 0.05) is 16.2 Å².